The van der Waals surface area contributed by atoms with Gasteiger partial charge in [0.05, 0.1) is 0 Å². The molecule has 0 saturated heterocycles. The van der Waals surface area contributed by atoms with E-state index in [2.05, 4.69) is 5.32 Å². The highest BCUT2D eigenvalue weighted by molar-refractivity contribution is 6.30. The predicted molar refractivity (Wildman–Crippen MR) is 91.1 cm³/mol. The fourth-order valence-electron chi connectivity index (χ4n) is 2.21. The van der Waals surface area contributed by atoms with Crippen LogP contribution in [0.1, 0.15) is 18.1 Å². The van der Waals surface area contributed by atoms with E-state index in [1.165, 1.54) is 0 Å². The molecule has 0 aliphatic heterocycles. The van der Waals surface area contributed by atoms with Crippen molar-refractivity contribution in [1.82, 2.24) is 10.2 Å². The minimum absolute atomic E-state index is 0.0275. The fourth-order valence-corrected chi connectivity index (χ4v) is 2.33. The van der Waals surface area contributed by atoms with Crippen LogP contribution >= 0.6 is 11.6 Å². The molecule has 0 saturated carbocycles. The first-order chi connectivity index (χ1) is 10.7. The van der Waals surface area contributed by atoms with Gasteiger partial charge in [0.15, 0.2) is 0 Å². The molecular formula is C18H21ClN2O. The number of carbonyl (C=O) groups is 1. The molecule has 0 heterocycles. The predicted octanol–water partition coefficient (Wildman–Crippen LogP) is 4.11. The minimum atomic E-state index is -0.0275. The van der Waals surface area contributed by atoms with Crippen LogP contribution in [0.15, 0.2) is 54.6 Å². The molecule has 0 fully saturated rings. The Morgan fingerprint density at radius 2 is 1.73 bits per heavy atom. The summed E-state index contributed by atoms with van der Waals surface area (Å²) in [4.78, 5) is 14.0. The number of amides is 2. The summed E-state index contributed by atoms with van der Waals surface area (Å²) in [5, 5.41) is 3.70. The average Bonchev–Trinajstić information content (AvgIpc) is 2.55. The lowest BCUT2D eigenvalue weighted by Gasteiger charge is -2.21. The summed E-state index contributed by atoms with van der Waals surface area (Å²) in [5.74, 6) is 0. The second-order valence-corrected chi connectivity index (χ2v) is 5.54. The van der Waals surface area contributed by atoms with Gasteiger partial charge in [0.1, 0.15) is 0 Å². The third kappa shape index (κ3) is 5.08. The molecule has 3 nitrogen and oxygen atoms in total. The smallest absolute Gasteiger partial charge is 0.317 e. The van der Waals surface area contributed by atoms with Crippen LogP contribution in [0.4, 0.5) is 4.79 Å². The number of nitrogens with zero attached hydrogens (tertiary/aromatic N) is 1. The molecule has 0 spiro atoms. The Labute approximate surface area is 136 Å². The second kappa shape index (κ2) is 8.44. The first-order valence-corrected chi connectivity index (χ1v) is 7.88. The third-order valence-corrected chi connectivity index (χ3v) is 3.74. The molecule has 2 aromatic rings. The summed E-state index contributed by atoms with van der Waals surface area (Å²) in [6.45, 7) is 3.92. The summed E-state index contributed by atoms with van der Waals surface area (Å²) in [6.07, 6.45) is 0.797. The van der Waals surface area contributed by atoms with Crippen molar-refractivity contribution >= 4 is 17.6 Å². The lowest BCUT2D eigenvalue weighted by Crippen LogP contribution is -2.40. The lowest BCUT2D eigenvalue weighted by molar-refractivity contribution is 0.198. The standard InChI is InChI=1S/C18H21ClN2O/c1-2-21(14-16-6-4-3-5-7-16)18(22)20-13-12-15-8-10-17(19)11-9-15/h3-11H,2,12-14H2,1H3,(H,20,22). The third-order valence-electron chi connectivity index (χ3n) is 3.49. The van der Waals surface area contributed by atoms with E-state index < -0.39 is 0 Å². The molecule has 0 aliphatic rings. The van der Waals surface area contributed by atoms with Crippen LogP contribution in [0.5, 0.6) is 0 Å². The van der Waals surface area contributed by atoms with Crippen molar-refractivity contribution in [2.75, 3.05) is 13.1 Å². The molecule has 0 bridgehead atoms. The van der Waals surface area contributed by atoms with Crippen LogP contribution in [0, 0.1) is 0 Å². The molecule has 2 aromatic carbocycles. The quantitative estimate of drug-likeness (QED) is 0.854. The zero-order valence-electron chi connectivity index (χ0n) is 12.8. The van der Waals surface area contributed by atoms with Gasteiger partial charge >= 0.3 is 6.03 Å². The second-order valence-electron chi connectivity index (χ2n) is 5.11. The SMILES string of the molecule is CCN(Cc1ccccc1)C(=O)NCCc1ccc(Cl)cc1. The molecule has 22 heavy (non-hydrogen) atoms. The van der Waals surface area contributed by atoms with E-state index in [4.69, 9.17) is 11.6 Å². The molecule has 4 heteroatoms. The number of rotatable bonds is 6. The van der Waals surface area contributed by atoms with Crippen molar-refractivity contribution in [1.29, 1.82) is 0 Å². The summed E-state index contributed by atoms with van der Waals surface area (Å²) in [7, 11) is 0. The highest BCUT2D eigenvalue weighted by atomic mass is 35.5. The molecule has 2 amide bonds. The average molecular weight is 317 g/mol. The highest BCUT2D eigenvalue weighted by Crippen LogP contribution is 2.09. The number of hydrogen-bond acceptors (Lipinski definition) is 1. The summed E-state index contributed by atoms with van der Waals surface area (Å²) in [6, 6.07) is 17.7. The zero-order chi connectivity index (χ0) is 15.8. The Balaban J connectivity index is 1.80. The largest absolute Gasteiger partial charge is 0.338 e. The Hall–Kier alpha value is -2.00. The Morgan fingerprint density at radius 3 is 2.36 bits per heavy atom. The normalized spacial score (nSPS) is 10.3. The molecule has 116 valence electrons. The van der Waals surface area contributed by atoms with Crippen molar-refractivity contribution < 1.29 is 4.79 Å². The van der Waals surface area contributed by atoms with E-state index >= 15 is 0 Å². The maximum Gasteiger partial charge on any atom is 0.317 e. The number of halogens is 1. The van der Waals surface area contributed by atoms with Gasteiger partial charge in [0.2, 0.25) is 0 Å². The first kappa shape index (κ1) is 16.4. The van der Waals surface area contributed by atoms with Gasteiger partial charge < -0.3 is 10.2 Å². The van der Waals surface area contributed by atoms with Crippen LogP contribution in [0.3, 0.4) is 0 Å². The Morgan fingerprint density at radius 1 is 1.05 bits per heavy atom. The number of hydrogen-bond donors (Lipinski definition) is 1. The van der Waals surface area contributed by atoms with Gasteiger partial charge in [-0.2, -0.15) is 0 Å². The van der Waals surface area contributed by atoms with Crippen LogP contribution in [-0.4, -0.2) is 24.0 Å². The molecule has 1 N–H and O–H groups in total. The summed E-state index contributed by atoms with van der Waals surface area (Å²) in [5.41, 5.74) is 2.30. The summed E-state index contributed by atoms with van der Waals surface area (Å²) < 4.78 is 0. The van der Waals surface area contributed by atoms with Crippen LogP contribution in [0.25, 0.3) is 0 Å². The van der Waals surface area contributed by atoms with Gasteiger partial charge in [-0.15, -0.1) is 0 Å². The van der Waals surface area contributed by atoms with Gasteiger partial charge in [-0.1, -0.05) is 54.1 Å². The molecule has 2 rings (SSSR count). The molecular weight excluding hydrogens is 296 g/mol. The number of urea groups is 1. The molecule has 0 radical (unpaired) electrons. The monoisotopic (exact) mass is 316 g/mol. The fraction of sp³-hybridized carbons (Fsp3) is 0.278. The van der Waals surface area contributed by atoms with Crippen molar-refractivity contribution in [3.8, 4) is 0 Å². The summed E-state index contributed by atoms with van der Waals surface area (Å²) >= 11 is 5.86. The minimum Gasteiger partial charge on any atom is -0.338 e. The molecule has 0 unspecified atom stereocenters. The molecule has 0 aromatic heterocycles. The van der Waals surface area contributed by atoms with Gasteiger partial charge in [-0.3, -0.25) is 0 Å². The van der Waals surface area contributed by atoms with Crippen molar-refractivity contribution in [3.63, 3.8) is 0 Å². The lowest BCUT2D eigenvalue weighted by atomic mass is 10.1. The van der Waals surface area contributed by atoms with Crippen LogP contribution < -0.4 is 5.32 Å². The van der Waals surface area contributed by atoms with E-state index in [9.17, 15) is 4.79 Å². The maximum absolute atomic E-state index is 12.2. The maximum atomic E-state index is 12.2. The molecule has 0 aliphatic carbocycles. The molecule has 0 atom stereocenters. The van der Waals surface area contributed by atoms with Gasteiger partial charge in [0, 0.05) is 24.7 Å². The number of nitrogens with one attached hydrogen (secondary N) is 1. The number of carbonyl (C=O) groups excluding carboxylic acids is 1. The van der Waals surface area contributed by atoms with Gasteiger partial charge in [-0.05, 0) is 36.6 Å². The van der Waals surface area contributed by atoms with E-state index in [1.807, 2.05) is 61.5 Å². The first-order valence-electron chi connectivity index (χ1n) is 7.50. The van der Waals surface area contributed by atoms with Crippen molar-refractivity contribution in [3.05, 3.63) is 70.7 Å². The van der Waals surface area contributed by atoms with Crippen molar-refractivity contribution in [2.24, 2.45) is 0 Å². The van der Waals surface area contributed by atoms with Crippen LogP contribution in [0.2, 0.25) is 5.02 Å². The highest BCUT2D eigenvalue weighted by Gasteiger charge is 2.11. The van der Waals surface area contributed by atoms with Gasteiger partial charge in [-0.25, -0.2) is 4.79 Å². The van der Waals surface area contributed by atoms with Crippen LogP contribution in [-0.2, 0) is 13.0 Å². The van der Waals surface area contributed by atoms with E-state index in [0.717, 1.165) is 22.6 Å². The zero-order valence-corrected chi connectivity index (χ0v) is 13.5. The van der Waals surface area contributed by atoms with E-state index in [0.29, 0.717) is 19.6 Å². The van der Waals surface area contributed by atoms with E-state index in [1.54, 1.807) is 4.90 Å². The van der Waals surface area contributed by atoms with Gasteiger partial charge in [0.25, 0.3) is 0 Å². The topological polar surface area (TPSA) is 32.3 Å². The number of benzene rings is 2. The Kier molecular flexibility index (Phi) is 6.28. The van der Waals surface area contributed by atoms with Crippen molar-refractivity contribution in [2.45, 2.75) is 19.9 Å². The Bertz CT molecular complexity index is 584. The van der Waals surface area contributed by atoms with E-state index in [-0.39, 0.29) is 6.03 Å².